The second-order valence-corrected chi connectivity index (χ2v) is 25.4. The average Bonchev–Trinajstić information content (AvgIpc) is 4.02. The molecule has 0 unspecified atom stereocenters. The molecule has 15 rings (SSSR count). The lowest BCUT2D eigenvalue weighted by atomic mass is 9.62. The molecule has 8 aromatic rings. The molecule has 0 amide bonds. The number of rotatable bonds is 6. The van der Waals surface area contributed by atoms with Gasteiger partial charge in [0.15, 0.2) is 0 Å². The van der Waals surface area contributed by atoms with E-state index in [1.54, 1.807) is 11.1 Å². The van der Waals surface area contributed by atoms with Crippen LogP contribution in [0, 0.1) is 10.8 Å². The van der Waals surface area contributed by atoms with Gasteiger partial charge in [-0.2, -0.15) is 0 Å². The van der Waals surface area contributed by atoms with Gasteiger partial charge in [0.25, 0.3) is 0 Å². The van der Waals surface area contributed by atoms with E-state index in [0.29, 0.717) is 22.7 Å². The Morgan fingerprint density at radius 3 is 1.45 bits per heavy atom. The third kappa shape index (κ3) is 7.01. The summed E-state index contributed by atoms with van der Waals surface area (Å²) in [5.74, 6) is 1.22. The molecule has 1 heteroatoms. The van der Waals surface area contributed by atoms with Crippen molar-refractivity contribution in [2.24, 2.45) is 10.8 Å². The van der Waals surface area contributed by atoms with Gasteiger partial charge in [-0.15, -0.1) is 0 Å². The van der Waals surface area contributed by atoms with E-state index in [4.69, 9.17) is 0 Å². The zero-order valence-electron chi connectivity index (χ0n) is 44.6. The van der Waals surface area contributed by atoms with Crippen molar-refractivity contribution in [1.29, 1.82) is 0 Å². The fourth-order valence-electron chi connectivity index (χ4n) is 17.4. The zero-order chi connectivity index (χ0) is 49.9. The molecule has 4 fully saturated rings. The minimum Gasteiger partial charge on any atom is -0.309 e. The SMILES string of the molecule is CC1(C)c2ccccc2-c2ccc(N(c3ccccc3-c3ccccc3)c3cccc4c3-c3ccccc3C43c4cc(C5CCC6(CCCCC6)CC5)ccc4-c4ccc(C5CCC6(CCCCC6)CC5)cc43)cc21. The Hall–Kier alpha value is -6.44. The van der Waals surface area contributed by atoms with Crippen molar-refractivity contribution in [2.45, 2.75) is 152 Å². The highest BCUT2D eigenvalue weighted by Crippen LogP contribution is 2.66. The highest BCUT2D eigenvalue weighted by Gasteiger charge is 2.53. The molecule has 4 saturated carbocycles. The van der Waals surface area contributed by atoms with Crippen LogP contribution in [0.5, 0.6) is 0 Å². The molecule has 0 N–H and O–H groups in total. The Labute approximate surface area is 447 Å². The number of nitrogens with zero attached hydrogens (tertiary/aromatic N) is 1. The summed E-state index contributed by atoms with van der Waals surface area (Å²) >= 11 is 0. The third-order valence-corrected chi connectivity index (χ3v) is 21.4. The molecule has 0 aromatic heterocycles. The van der Waals surface area contributed by atoms with Crippen molar-refractivity contribution in [3.05, 3.63) is 220 Å². The van der Waals surface area contributed by atoms with Gasteiger partial charge in [-0.3, -0.25) is 0 Å². The van der Waals surface area contributed by atoms with Crippen LogP contribution in [0.4, 0.5) is 17.1 Å². The maximum atomic E-state index is 2.76. The summed E-state index contributed by atoms with van der Waals surface area (Å²) in [7, 11) is 0. The van der Waals surface area contributed by atoms with E-state index in [0.717, 1.165) is 0 Å². The van der Waals surface area contributed by atoms with Gasteiger partial charge in [0.2, 0.25) is 0 Å². The second kappa shape index (κ2) is 17.6. The van der Waals surface area contributed by atoms with Crippen molar-refractivity contribution in [3.8, 4) is 44.5 Å². The maximum Gasteiger partial charge on any atom is 0.0726 e. The lowest BCUT2D eigenvalue weighted by Gasteiger charge is -2.43. The van der Waals surface area contributed by atoms with Crippen molar-refractivity contribution in [2.75, 3.05) is 4.90 Å². The topological polar surface area (TPSA) is 3.24 Å². The van der Waals surface area contributed by atoms with E-state index in [1.807, 2.05) is 0 Å². The molecule has 0 aliphatic heterocycles. The largest absolute Gasteiger partial charge is 0.309 e. The van der Waals surface area contributed by atoms with Crippen molar-refractivity contribution in [3.63, 3.8) is 0 Å². The van der Waals surface area contributed by atoms with E-state index in [1.165, 1.54) is 211 Å². The van der Waals surface area contributed by atoms with Crippen LogP contribution in [0.15, 0.2) is 176 Å². The minimum atomic E-state index is -0.455. The maximum absolute atomic E-state index is 2.76. The molecule has 1 nitrogen and oxygen atoms in total. The van der Waals surface area contributed by atoms with Crippen LogP contribution >= 0.6 is 0 Å². The van der Waals surface area contributed by atoms with Crippen LogP contribution in [0.25, 0.3) is 44.5 Å². The molecular formula is C74H73N. The molecule has 8 aromatic carbocycles. The Morgan fingerprint density at radius 2 is 0.827 bits per heavy atom. The summed E-state index contributed by atoms with van der Waals surface area (Å²) < 4.78 is 0. The predicted octanol–water partition coefficient (Wildman–Crippen LogP) is 20.7. The van der Waals surface area contributed by atoms with Crippen LogP contribution in [0.3, 0.4) is 0 Å². The van der Waals surface area contributed by atoms with E-state index in [9.17, 15) is 0 Å². The molecule has 3 spiro atoms. The van der Waals surface area contributed by atoms with Crippen LogP contribution in [-0.4, -0.2) is 0 Å². The first-order chi connectivity index (χ1) is 36.8. The first kappa shape index (κ1) is 45.9. The van der Waals surface area contributed by atoms with Gasteiger partial charge < -0.3 is 4.90 Å². The van der Waals surface area contributed by atoms with Crippen molar-refractivity contribution in [1.82, 2.24) is 0 Å². The number of anilines is 3. The molecule has 0 atom stereocenters. The number of para-hydroxylation sites is 1. The lowest BCUT2D eigenvalue weighted by Crippen LogP contribution is -2.30. The number of hydrogen-bond acceptors (Lipinski definition) is 1. The van der Waals surface area contributed by atoms with E-state index >= 15 is 0 Å². The fraction of sp³-hybridized carbons (Fsp3) is 0.351. The molecule has 0 heterocycles. The summed E-state index contributed by atoms with van der Waals surface area (Å²) in [5.41, 5.74) is 26.8. The summed E-state index contributed by atoms with van der Waals surface area (Å²) in [4.78, 5) is 2.65. The first-order valence-corrected chi connectivity index (χ1v) is 29.6. The third-order valence-electron chi connectivity index (χ3n) is 21.4. The van der Waals surface area contributed by atoms with Gasteiger partial charge in [0, 0.05) is 22.2 Å². The lowest BCUT2D eigenvalue weighted by molar-refractivity contribution is 0.114. The number of fused-ring (bicyclic) bond motifs is 13. The van der Waals surface area contributed by atoms with E-state index in [2.05, 4.69) is 195 Å². The Balaban J connectivity index is 0.944. The fourth-order valence-corrected chi connectivity index (χ4v) is 17.4. The smallest absolute Gasteiger partial charge is 0.0726 e. The summed E-state index contributed by atoms with van der Waals surface area (Å²) in [6.07, 6.45) is 25.3. The quantitative estimate of drug-likeness (QED) is 0.160. The van der Waals surface area contributed by atoms with E-state index < -0.39 is 5.41 Å². The van der Waals surface area contributed by atoms with Gasteiger partial charge in [-0.05, 0) is 202 Å². The predicted molar refractivity (Wildman–Crippen MR) is 314 cm³/mol. The Morgan fingerprint density at radius 1 is 0.347 bits per heavy atom. The molecule has 75 heavy (non-hydrogen) atoms. The summed E-state index contributed by atoms with van der Waals surface area (Å²) in [6.45, 7) is 4.84. The van der Waals surface area contributed by atoms with Gasteiger partial charge in [-0.25, -0.2) is 0 Å². The monoisotopic (exact) mass is 976 g/mol. The van der Waals surface area contributed by atoms with Crippen LogP contribution < -0.4 is 4.90 Å². The zero-order valence-corrected chi connectivity index (χ0v) is 44.6. The van der Waals surface area contributed by atoms with Crippen molar-refractivity contribution >= 4 is 17.1 Å². The number of hydrogen-bond donors (Lipinski definition) is 0. The van der Waals surface area contributed by atoms with Gasteiger partial charge in [0.05, 0.1) is 16.8 Å². The standard InChI is InChI=1S/C74H73N/c1-71(2)62-24-11-8-22-57(62)58-34-31-55(49-65(58)71)75(68-27-13-10-21-56(68)52-19-6-3-7-20-52)69-28-18-26-64-70(69)61-23-9-12-25-63(61)74(64)66-47-53(50-35-43-72(44-36-50)39-14-4-15-40-72)29-32-59(66)60-33-30-54(48-67(60)74)51-37-45-73(46-38-51)41-16-5-17-42-73/h3,6-13,18-34,47-51H,4-5,14-17,35-46H2,1-2H3. The Bertz CT molecular complexity index is 3410. The van der Waals surface area contributed by atoms with Crippen LogP contribution in [0.2, 0.25) is 0 Å². The normalized spacial score (nSPS) is 22.3. The molecule has 0 radical (unpaired) electrons. The molecule has 0 saturated heterocycles. The van der Waals surface area contributed by atoms with Gasteiger partial charge >= 0.3 is 0 Å². The van der Waals surface area contributed by atoms with E-state index in [-0.39, 0.29) is 5.41 Å². The molecular weight excluding hydrogens is 903 g/mol. The summed E-state index contributed by atoms with van der Waals surface area (Å²) in [6, 6.07) is 69.5. The summed E-state index contributed by atoms with van der Waals surface area (Å²) in [5, 5.41) is 0. The molecule has 7 aliphatic rings. The highest BCUT2D eigenvalue weighted by molar-refractivity contribution is 6.03. The second-order valence-electron chi connectivity index (χ2n) is 25.4. The van der Waals surface area contributed by atoms with Crippen molar-refractivity contribution < 1.29 is 0 Å². The highest BCUT2D eigenvalue weighted by atomic mass is 15.1. The van der Waals surface area contributed by atoms with Gasteiger partial charge in [0.1, 0.15) is 0 Å². The minimum absolute atomic E-state index is 0.140. The molecule has 7 aliphatic carbocycles. The van der Waals surface area contributed by atoms with Crippen LogP contribution in [0.1, 0.15) is 186 Å². The van der Waals surface area contributed by atoms with Gasteiger partial charge in [-0.1, -0.05) is 204 Å². The first-order valence-electron chi connectivity index (χ1n) is 29.6. The average molecular weight is 976 g/mol. The number of benzene rings is 8. The molecule has 0 bridgehead atoms. The molecule has 374 valence electrons. The Kier molecular flexibility index (Phi) is 10.7. The van der Waals surface area contributed by atoms with Crippen LogP contribution in [-0.2, 0) is 10.8 Å².